The second-order valence-electron chi connectivity index (χ2n) is 5.70. The van der Waals surface area contributed by atoms with Gasteiger partial charge in [0.15, 0.2) is 0 Å². The number of fused-ring (bicyclic) bond motifs is 1. The third-order valence-electron chi connectivity index (χ3n) is 3.66. The molecule has 1 aromatic carbocycles. The molecular weight excluding hydrogens is 196 g/mol. The van der Waals surface area contributed by atoms with E-state index in [1.807, 2.05) is 6.07 Å². The number of nitrogens with zero attached hydrogens (tertiary/aromatic N) is 1. The summed E-state index contributed by atoms with van der Waals surface area (Å²) >= 11 is 0. The van der Waals surface area contributed by atoms with E-state index in [1.165, 1.54) is 17.7 Å². The first-order chi connectivity index (χ1) is 7.42. The van der Waals surface area contributed by atoms with Gasteiger partial charge >= 0.3 is 0 Å². The number of hydrogen-bond donors (Lipinski definition) is 1. The normalized spacial score (nSPS) is 18.7. The van der Waals surface area contributed by atoms with E-state index in [-0.39, 0.29) is 5.41 Å². The fourth-order valence-corrected chi connectivity index (χ4v) is 2.55. The van der Waals surface area contributed by atoms with Crippen LogP contribution in [0.2, 0.25) is 0 Å². The maximum Gasteiger partial charge on any atom is 0.0427 e. The van der Waals surface area contributed by atoms with Crippen LogP contribution in [-0.2, 0) is 5.41 Å². The summed E-state index contributed by atoms with van der Waals surface area (Å²) in [6.45, 7) is 10.2. The van der Waals surface area contributed by atoms with Crippen molar-refractivity contribution in [3.63, 3.8) is 0 Å². The van der Waals surface area contributed by atoms with Crippen LogP contribution < -0.4 is 10.6 Å². The molecule has 16 heavy (non-hydrogen) atoms. The lowest BCUT2D eigenvalue weighted by molar-refractivity contribution is 0.442. The highest BCUT2D eigenvalue weighted by Crippen LogP contribution is 2.41. The van der Waals surface area contributed by atoms with Gasteiger partial charge in [-0.15, -0.1) is 0 Å². The average Bonchev–Trinajstić information content (AvgIpc) is 2.16. The third-order valence-corrected chi connectivity index (χ3v) is 3.66. The highest BCUT2D eigenvalue weighted by atomic mass is 15.2. The maximum atomic E-state index is 5.91. The van der Waals surface area contributed by atoms with Gasteiger partial charge in [0.1, 0.15) is 0 Å². The number of nitrogen functional groups attached to an aromatic ring is 1. The van der Waals surface area contributed by atoms with E-state index in [0.717, 1.165) is 12.2 Å². The second kappa shape index (κ2) is 3.69. The minimum Gasteiger partial charge on any atom is -0.399 e. The van der Waals surface area contributed by atoms with Gasteiger partial charge in [-0.2, -0.15) is 0 Å². The summed E-state index contributed by atoms with van der Waals surface area (Å²) in [6.07, 6.45) is 1.21. The molecule has 2 nitrogen and oxygen atoms in total. The largest absolute Gasteiger partial charge is 0.399 e. The minimum atomic E-state index is 0.272. The van der Waals surface area contributed by atoms with Crippen molar-refractivity contribution in [2.45, 2.75) is 45.6 Å². The van der Waals surface area contributed by atoms with Gasteiger partial charge in [0.25, 0.3) is 0 Å². The van der Waals surface area contributed by atoms with Crippen molar-refractivity contribution in [2.75, 3.05) is 17.2 Å². The lowest BCUT2D eigenvalue weighted by atomic mass is 9.77. The van der Waals surface area contributed by atoms with Crippen molar-refractivity contribution in [3.8, 4) is 0 Å². The summed E-state index contributed by atoms with van der Waals surface area (Å²) in [4.78, 5) is 2.46. The molecule has 0 amide bonds. The summed E-state index contributed by atoms with van der Waals surface area (Å²) in [5.74, 6) is 0. The first-order valence-corrected chi connectivity index (χ1v) is 6.08. The van der Waals surface area contributed by atoms with E-state index in [2.05, 4.69) is 44.7 Å². The van der Waals surface area contributed by atoms with Crippen LogP contribution in [0, 0.1) is 0 Å². The molecule has 1 heterocycles. The number of hydrogen-bond acceptors (Lipinski definition) is 2. The van der Waals surface area contributed by atoms with Crippen molar-refractivity contribution in [1.29, 1.82) is 0 Å². The maximum absolute atomic E-state index is 5.91. The highest BCUT2D eigenvalue weighted by molar-refractivity contribution is 5.65. The standard InChI is InChI=1S/C14H22N2/c1-10(2)16-8-7-14(3,4)12-6-5-11(15)9-13(12)16/h5-6,9-10H,7-8,15H2,1-4H3. The fraction of sp³-hybridized carbons (Fsp3) is 0.571. The minimum absolute atomic E-state index is 0.272. The van der Waals surface area contributed by atoms with Crippen molar-refractivity contribution in [3.05, 3.63) is 23.8 Å². The molecule has 0 saturated heterocycles. The molecular formula is C14H22N2. The van der Waals surface area contributed by atoms with Crippen LogP contribution in [0.25, 0.3) is 0 Å². The molecule has 1 aliphatic rings. The van der Waals surface area contributed by atoms with Crippen molar-refractivity contribution < 1.29 is 0 Å². The van der Waals surface area contributed by atoms with Gasteiger partial charge in [-0.25, -0.2) is 0 Å². The molecule has 0 atom stereocenters. The molecule has 0 aromatic heterocycles. The number of anilines is 2. The Balaban J connectivity index is 2.54. The lowest BCUT2D eigenvalue weighted by Gasteiger charge is -2.42. The van der Waals surface area contributed by atoms with Gasteiger partial charge < -0.3 is 10.6 Å². The molecule has 0 bridgehead atoms. The molecule has 0 radical (unpaired) electrons. The molecule has 2 N–H and O–H groups in total. The van der Waals surface area contributed by atoms with Crippen LogP contribution in [0.1, 0.15) is 39.7 Å². The molecule has 2 heteroatoms. The van der Waals surface area contributed by atoms with Crippen molar-refractivity contribution >= 4 is 11.4 Å². The van der Waals surface area contributed by atoms with Crippen LogP contribution >= 0.6 is 0 Å². The highest BCUT2D eigenvalue weighted by Gasteiger charge is 2.31. The molecule has 0 unspecified atom stereocenters. The smallest absolute Gasteiger partial charge is 0.0427 e. The Bertz CT molecular complexity index is 394. The Morgan fingerprint density at radius 3 is 2.62 bits per heavy atom. The van der Waals surface area contributed by atoms with E-state index >= 15 is 0 Å². The number of rotatable bonds is 1. The topological polar surface area (TPSA) is 29.3 Å². The molecule has 88 valence electrons. The Labute approximate surface area is 98.4 Å². The third kappa shape index (κ3) is 1.77. The van der Waals surface area contributed by atoms with Gasteiger partial charge in [-0.05, 0) is 43.4 Å². The van der Waals surface area contributed by atoms with Crippen LogP contribution in [0.5, 0.6) is 0 Å². The lowest BCUT2D eigenvalue weighted by Crippen LogP contribution is -2.41. The van der Waals surface area contributed by atoms with E-state index in [1.54, 1.807) is 0 Å². The zero-order chi connectivity index (χ0) is 11.9. The Hall–Kier alpha value is -1.18. The summed E-state index contributed by atoms with van der Waals surface area (Å²) in [6, 6.07) is 6.87. The fourth-order valence-electron chi connectivity index (χ4n) is 2.55. The second-order valence-corrected chi connectivity index (χ2v) is 5.70. The monoisotopic (exact) mass is 218 g/mol. The van der Waals surface area contributed by atoms with Gasteiger partial charge in [0.05, 0.1) is 0 Å². The summed E-state index contributed by atoms with van der Waals surface area (Å²) < 4.78 is 0. The first-order valence-electron chi connectivity index (χ1n) is 6.08. The van der Waals surface area contributed by atoms with E-state index < -0.39 is 0 Å². The molecule has 0 saturated carbocycles. The van der Waals surface area contributed by atoms with Crippen LogP contribution in [0.3, 0.4) is 0 Å². The number of nitrogens with two attached hydrogens (primary N) is 1. The van der Waals surface area contributed by atoms with E-state index in [9.17, 15) is 0 Å². The van der Waals surface area contributed by atoms with Gasteiger partial charge in [0.2, 0.25) is 0 Å². The van der Waals surface area contributed by atoms with Crippen molar-refractivity contribution in [1.82, 2.24) is 0 Å². The Kier molecular flexibility index (Phi) is 2.61. The van der Waals surface area contributed by atoms with Gasteiger partial charge in [0, 0.05) is 24.0 Å². The summed E-state index contributed by atoms with van der Waals surface area (Å²) in [7, 11) is 0. The average molecular weight is 218 g/mol. The number of benzene rings is 1. The quantitative estimate of drug-likeness (QED) is 0.734. The summed E-state index contributed by atoms with van der Waals surface area (Å²) in [5, 5.41) is 0. The van der Waals surface area contributed by atoms with Crippen LogP contribution in [0.15, 0.2) is 18.2 Å². The van der Waals surface area contributed by atoms with E-state index in [0.29, 0.717) is 6.04 Å². The summed E-state index contributed by atoms with van der Waals surface area (Å²) in [5.41, 5.74) is 9.80. The van der Waals surface area contributed by atoms with E-state index in [4.69, 9.17) is 5.73 Å². The predicted molar refractivity (Wildman–Crippen MR) is 71.0 cm³/mol. The molecule has 2 rings (SSSR count). The van der Waals surface area contributed by atoms with Gasteiger partial charge in [-0.1, -0.05) is 19.9 Å². The Morgan fingerprint density at radius 2 is 2.00 bits per heavy atom. The van der Waals surface area contributed by atoms with Gasteiger partial charge in [-0.3, -0.25) is 0 Å². The van der Waals surface area contributed by atoms with Crippen molar-refractivity contribution in [2.24, 2.45) is 0 Å². The molecule has 1 aromatic rings. The first kappa shape index (κ1) is 11.3. The molecule has 1 aliphatic heterocycles. The SMILES string of the molecule is CC(C)N1CCC(C)(C)c2ccc(N)cc21. The van der Waals surface area contributed by atoms with Crippen LogP contribution in [0.4, 0.5) is 11.4 Å². The molecule has 0 aliphatic carbocycles. The zero-order valence-corrected chi connectivity index (χ0v) is 10.7. The zero-order valence-electron chi connectivity index (χ0n) is 10.7. The van der Waals surface area contributed by atoms with Crippen LogP contribution in [-0.4, -0.2) is 12.6 Å². The molecule has 0 spiro atoms. The Morgan fingerprint density at radius 1 is 1.31 bits per heavy atom. The molecule has 0 fully saturated rings. The predicted octanol–water partition coefficient (Wildman–Crippen LogP) is 3.16.